The Kier molecular flexibility index (Phi) is 7.65. The maximum atomic E-state index is 12.1. The van der Waals surface area contributed by atoms with Crippen molar-refractivity contribution < 1.29 is 22.7 Å². The van der Waals surface area contributed by atoms with Gasteiger partial charge >= 0.3 is 5.97 Å². The highest BCUT2D eigenvalue weighted by Crippen LogP contribution is 2.22. The number of esters is 1. The van der Waals surface area contributed by atoms with Crippen molar-refractivity contribution in [2.24, 2.45) is 0 Å². The van der Waals surface area contributed by atoms with Crippen molar-refractivity contribution in [1.82, 2.24) is 4.72 Å². The summed E-state index contributed by atoms with van der Waals surface area (Å²) < 4.78 is 37.3. The first kappa shape index (κ1) is 21.2. The third kappa shape index (κ3) is 6.23. The summed E-state index contributed by atoms with van der Waals surface area (Å²) in [6, 6.07) is 11.9. The first-order chi connectivity index (χ1) is 12.8. The van der Waals surface area contributed by atoms with E-state index in [1.807, 2.05) is 32.0 Å². The molecule has 0 spiro atoms. The first-order valence-corrected chi connectivity index (χ1v) is 10.3. The van der Waals surface area contributed by atoms with Crippen LogP contribution in [0.5, 0.6) is 5.75 Å². The lowest BCUT2D eigenvalue weighted by Crippen LogP contribution is -2.27. The van der Waals surface area contributed by atoms with E-state index < -0.39 is 16.0 Å². The lowest BCUT2D eigenvalue weighted by molar-refractivity contribution is -0.144. The number of sulfonamides is 1. The number of aryl methyl sites for hydroxylation is 2. The van der Waals surface area contributed by atoms with E-state index in [0.29, 0.717) is 0 Å². The number of rotatable bonds is 9. The van der Waals surface area contributed by atoms with Gasteiger partial charge in [-0.2, -0.15) is 0 Å². The first-order valence-electron chi connectivity index (χ1n) is 8.40. The Morgan fingerprint density at radius 2 is 1.70 bits per heavy atom. The molecule has 0 aromatic heterocycles. The number of hydrogen-bond acceptors (Lipinski definition) is 5. The topological polar surface area (TPSA) is 81.7 Å². The molecule has 0 saturated carbocycles. The number of halogens is 1. The molecule has 8 heteroatoms. The smallest absolute Gasteiger partial charge is 0.307 e. The molecule has 0 heterocycles. The Labute approximate surface area is 164 Å². The van der Waals surface area contributed by atoms with E-state index in [1.54, 1.807) is 12.1 Å². The Morgan fingerprint density at radius 1 is 1.04 bits per heavy atom. The predicted molar refractivity (Wildman–Crippen MR) is 104 cm³/mol. The second-order valence-electron chi connectivity index (χ2n) is 5.87. The number of benzene rings is 2. The molecule has 0 amide bonds. The summed E-state index contributed by atoms with van der Waals surface area (Å²) in [4.78, 5) is 11.7. The third-order valence-corrected chi connectivity index (χ3v) is 5.71. The maximum Gasteiger partial charge on any atom is 0.307 e. The zero-order chi connectivity index (χ0) is 19.9. The Hall–Kier alpha value is -2.09. The quantitative estimate of drug-likeness (QED) is 0.506. The van der Waals surface area contributed by atoms with Gasteiger partial charge < -0.3 is 9.47 Å². The molecule has 0 bridgehead atoms. The van der Waals surface area contributed by atoms with Crippen molar-refractivity contribution in [2.45, 2.75) is 25.2 Å². The Balaban J connectivity index is 1.72. The van der Waals surface area contributed by atoms with E-state index >= 15 is 0 Å². The molecular formula is C19H22ClNO5S. The maximum absolute atomic E-state index is 12.1. The summed E-state index contributed by atoms with van der Waals surface area (Å²) in [6.07, 6.45) is -0.0902. The average molecular weight is 412 g/mol. The van der Waals surface area contributed by atoms with Crippen molar-refractivity contribution in [3.8, 4) is 5.75 Å². The van der Waals surface area contributed by atoms with Crippen LogP contribution in [0.25, 0.3) is 0 Å². The number of hydrogen-bond donors (Lipinski definition) is 1. The molecule has 0 saturated heterocycles. The second-order valence-corrected chi connectivity index (χ2v) is 8.01. The van der Waals surface area contributed by atoms with Crippen molar-refractivity contribution in [2.75, 3.05) is 19.8 Å². The molecule has 2 rings (SSSR count). The zero-order valence-electron chi connectivity index (χ0n) is 15.2. The highest BCUT2D eigenvalue weighted by molar-refractivity contribution is 7.89. The molecule has 0 aliphatic heterocycles. The fraction of sp³-hybridized carbons (Fsp3) is 0.316. The summed E-state index contributed by atoms with van der Waals surface area (Å²) in [5.74, 6) is 0.267. The highest BCUT2D eigenvalue weighted by atomic mass is 35.5. The number of carbonyl (C=O) groups is 1. The summed E-state index contributed by atoms with van der Waals surface area (Å²) in [7, 11) is -3.77. The Bertz CT molecular complexity index is 878. The van der Waals surface area contributed by atoms with Crippen LogP contribution in [-0.2, 0) is 19.6 Å². The summed E-state index contributed by atoms with van der Waals surface area (Å²) in [6.45, 7) is 4.12. The average Bonchev–Trinajstić information content (AvgIpc) is 2.60. The molecule has 0 unspecified atom stereocenters. The lowest BCUT2D eigenvalue weighted by Gasteiger charge is -2.12. The minimum atomic E-state index is -3.77. The van der Waals surface area contributed by atoms with Gasteiger partial charge in [-0.15, -0.1) is 0 Å². The molecule has 146 valence electrons. The van der Waals surface area contributed by atoms with Gasteiger partial charge in [-0.3, -0.25) is 4.79 Å². The van der Waals surface area contributed by atoms with E-state index in [0.717, 1.165) is 16.9 Å². The van der Waals surface area contributed by atoms with E-state index in [9.17, 15) is 13.2 Å². The van der Waals surface area contributed by atoms with E-state index in [2.05, 4.69) is 4.72 Å². The van der Waals surface area contributed by atoms with Crippen LogP contribution in [0.1, 0.15) is 17.5 Å². The summed E-state index contributed by atoms with van der Waals surface area (Å²) >= 11 is 5.88. The van der Waals surface area contributed by atoms with Crippen molar-refractivity contribution in [3.05, 3.63) is 58.6 Å². The van der Waals surface area contributed by atoms with Gasteiger partial charge in [0.25, 0.3) is 0 Å². The molecular weight excluding hydrogens is 390 g/mol. The SMILES string of the molecule is Cc1cccc(C)c1OCCOC(=O)CCNS(=O)(=O)c1ccccc1Cl. The van der Waals surface area contributed by atoms with Gasteiger partial charge in [0.05, 0.1) is 11.4 Å². The van der Waals surface area contributed by atoms with Crippen molar-refractivity contribution in [1.29, 1.82) is 0 Å². The molecule has 0 fully saturated rings. The molecule has 2 aromatic carbocycles. The van der Waals surface area contributed by atoms with Gasteiger partial charge in [0.1, 0.15) is 23.9 Å². The van der Waals surface area contributed by atoms with E-state index in [-0.39, 0.29) is 36.1 Å². The fourth-order valence-electron chi connectivity index (χ4n) is 2.43. The number of nitrogens with one attached hydrogen (secondary N) is 1. The van der Waals surface area contributed by atoms with Crippen LogP contribution >= 0.6 is 11.6 Å². The van der Waals surface area contributed by atoms with Gasteiger partial charge in [0, 0.05) is 6.54 Å². The van der Waals surface area contributed by atoms with E-state index in [1.165, 1.54) is 12.1 Å². The van der Waals surface area contributed by atoms with Crippen LogP contribution in [0.15, 0.2) is 47.4 Å². The molecule has 0 aliphatic carbocycles. The summed E-state index contributed by atoms with van der Waals surface area (Å²) in [5, 5.41) is 0.122. The number of ether oxygens (including phenoxy) is 2. The number of carbonyl (C=O) groups excluding carboxylic acids is 1. The highest BCUT2D eigenvalue weighted by Gasteiger charge is 2.17. The zero-order valence-corrected chi connectivity index (χ0v) is 16.8. The van der Waals surface area contributed by atoms with Crippen LogP contribution in [0.4, 0.5) is 0 Å². The van der Waals surface area contributed by atoms with Gasteiger partial charge in [-0.05, 0) is 37.1 Å². The van der Waals surface area contributed by atoms with Crippen molar-refractivity contribution >= 4 is 27.6 Å². The molecule has 1 N–H and O–H groups in total. The molecule has 0 radical (unpaired) electrons. The molecule has 0 aliphatic rings. The van der Waals surface area contributed by atoms with Gasteiger partial charge in [0.15, 0.2) is 0 Å². The summed E-state index contributed by atoms with van der Waals surface area (Å²) in [5.41, 5.74) is 2.02. The standard InChI is InChI=1S/C19H22ClNO5S/c1-14-6-5-7-15(2)19(14)26-13-12-25-18(22)10-11-21-27(23,24)17-9-4-3-8-16(17)20/h3-9,21H,10-13H2,1-2H3. The fourth-order valence-corrected chi connectivity index (χ4v) is 3.98. The normalized spacial score (nSPS) is 11.2. The van der Waals surface area contributed by atoms with Crippen LogP contribution in [0, 0.1) is 13.8 Å². The van der Waals surface area contributed by atoms with Crippen molar-refractivity contribution in [3.63, 3.8) is 0 Å². The van der Waals surface area contributed by atoms with Crippen LogP contribution in [-0.4, -0.2) is 34.1 Å². The monoisotopic (exact) mass is 411 g/mol. The number of para-hydroxylation sites is 1. The Morgan fingerprint density at radius 3 is 2.37 bits per heavy atom. The molecule has 6 nitrogen and oxygen atoms in total. The lowest BCUT2D eigenvalue weighted by atomic mass is 10.1. The second kappa shape index (κ2) is 9.73. The minimum absolute atomic E-state index is 0.0259. The largest absolute Gasteiger partial charge is 0.489 e. The van der Waals surface area contributed by atoms with Gasteiger partial charge in [-0.1, -0.05) is 41.9 Å². The third-order valence-electron chi connectivity index (χ3n) is 3.75. The molecule has 2 aromatic rings. The minimum Gasteiger partial charge on any atom is -0.489 e. The van der Waals surface area contributed by atoms with Gasteiger partial charge in [0.2, 0.25) is 10.0 Å². The van der Waals surface area contributed by atoms with Gasteiger partial charge in [-0.25, -0.2) is 13.1 Å². The molecule has 0 atom stereocenters. The van der Waals surface area contributed by atoms with Crippen LogP contribution in [0.3, 0.4) is 0 Å². The van der Waals surface area contributed by atoms with Crippen LogP contribution < -0.4 is 9.46 Å². The predicted octanol–water partition coefficient (Wildman–Crippen LogP) is 3.25. The molecule has 27 heavy (non-hydrogen) atoms. The van der Waals surface area contributed by atoms with E-state index in [4.69, 9.17) is 21.1 Å². The van der Waals surface area contributed by atoms with Crippen LogP contribution in [0.2, 0.25) is 5.02 Å².